The SMILES string of the molecule is CCSC1CCC1(O)CNC(=O)c1ccc(F)c(F)c1. The van der Waals surface area contributed by atoms with Gasteiger partial charge in [0.05, 0.1) is 5.60 Å². The first-order chi connectivity index (χ1) is 9.46. The summed E-state index contributed by atoms with van der Waals surface area (Å²) in [5, 5.41) is 13.0. The highest BCUT2D eigenvalue weighted by Crippen LogP contribution is 2.40. The first-order valence-electron chi connectivity index (χ1n) is 6.53. The summed E-state index contributed by atoms with van der Waals surface area (Å²) in [4.78, 5) is 11.8. The number of hydrogen-bond acceptors (Lipinski definition) is 3. The second-order valence-electron chi connectivity index (χ2n) is 4.90. The Morgan fingerprint density at radius 1 is 1.50 bits per heavy atom. The zero-order valence-corrected chi connectivity index (χ0v) is 12.0. The quantitative estimate of drug-likeness (QED) is 0.877. The molecule has 3 nitrogen and oxygen atoms in total. The van der Waals surface area contributed by atoms with E-state index in [1.54, 1.807) is 11.8 Å². The third kappa shape index (κ3) is 3.12. The maximum atomic E-state index is 13.0. The van der Waals surface area contributed by atoms with Crippen molar-refractivity contribution < 1.29 is 18.7 Å². The number of amides is 1. The lowest BCUT2D eigenvalue weighted by Gasteiger charge is -2.45. The first-order valence-corrected chi connectivity index (χ1v) is 7.58. The maximum Gasteiger partial charge on any atom is 0.251 e. The van der Waals surface area contributed by atoms with Gasteiger partial charge in [0.2, 0.25) is 0 Å². The van der Waals surface area contributed by atoms with Crippen LogP contribution in [0.2, 0.25) is 0 Å². The Morgan fingerprint density at radius 2 is 2.25 bits per heavy atom. The molecule has 0 spiro atoms. The average molecular weight is 301 g/mol. The molecular formula is C14H17F2NO2S. The molecule has 0 aliphatic heterocycles. The van der Waals surface area contributed by atoms with E-state index >= 15 is 0 Å². The van der Waals surface area contributed by atoms with Crippen molar-refractivity contribution in [1.82, 2.24) is 5.32 Å². The van der Waals surface area contributed by atoms with Crippen molar-refractivity contribution in [2.24, 2.45) is 0 Å². The Hall–Kier alpha value is -1.14. The van der Waals surface area contributed by atoms with Crippen LogP contribution in [0, 0.1) is 11.6 Å². The van der Waals surface area contributed by atoms with Gasteiger partial charge in [0, 0.05) is 17.4 Å². The minimum atomic E-state index is -1.06. The highest BCUT2D eigenvalue weighted by Gasteiger charge is 2.45. The molecule has 2 rings (SSSR count). The second kappa shape index (κ2) is 6.10. The fourth-order valence-corrected chi connectivity index (χ4v) is 3.41. The summed E-state index contributed by atoms with van der Waals surface area (Å²) in [5.41, 5.74) is -0.846. The molecule has 0 aromatic heterocycles. The van der Waals surface area contributed by atoms with Gasteiger partial charge in [0.25, 0.3) is 5.91 Å². The van der Waals surface area contributed by atoms with E-state index in [2.05, 4.69) is 5.32 Å². The van der Waals surface area contributed by atoms with Gasteiger partial charge < -0.3 is 10.4 Å². The van der Waals surface area contributed by atoms with E-state index in [0.29, 0.717) is 6.42 Å². The van der Waals surface area contributed by atoms with Crippen molar-refractivity contribution in [1.29, 1.82) is 0 Å². The summed E-state index contributed by atoms with van der Waals surface area (Å²) >= 11 is 1.67. The van der Waals surface area contributed by atoms with Gasteiger partial charge in [-0.3, -0.25) is 4.79 Å². The van der Waals surface area contributed by atoms with Gasteiger partial charge in [-0.1, -0.05) is 6.92 Å². The summed E-state index contributed by atoms with van der Waals surface area (Å²) in [7, 11) is 0. The first kappa shape index (κ1) is 15.3. The number of aliphatic hydroxyl groups is 1. The number of thioether (sulfide) groups is 1. The standard InChI is InChI=1S/C14H17F2NO2S/c1-2-20-12-5-6-14(12,19)8-17-13(18)9-3-4-10(15)11(16)7-9/h3-4,7,12,19H,2,5-6,8H2,1H3,(H,17,18). The van der Waals surface area contributed by atoms with E-state index < -0.39 is 23.1 Å². The molecule has 1 saturated carbocycles. The molecule has 1 amide bonds. The summed E-state index contributed by atoms with van der Waals surface area (Å²) in [5.74, 6) is -1.65. The van der Waals surface area contributed by atoms with Crippen molar-refractivity contribution in [3.63, 3.8) is 0 Å². The van der Waals surface area contributed by atoms with Gasteiger partial charge in [-0.2, -0.15) is 11.8 Å². The van der Waals surface area contributed by atoms with Crippen LogP contribution in [-0.2, 0) is 0 Å². The van der Waals surface area contributed by atoms with Gasteiger partial charge in [0.15, 0.2) is 11.6 Å². The lowest BCUT2D eigenvalue weighted by atomic mass is 9.79. The third-order valence-electron chi connectivity index (χ3n) is 3.54. The number of carbonyl (C=O) groups is 1. The molecule has 0 heterocycles. The molecule has 1 fully saturated rings. The predicted molar refractivity (Wildman–Crippen MR) is 74.8 cm³/mol. The molecule has 6 heteroatoms. The van der Waals surface area contributed by atoms with E-state index in [9.17, 15) is 18.7 Å². The molecular weight excluding hydrogens is 284 g/mol. The van der Waals surface area contributed by atoms with Crippen LogP contribution >= 0.6 is 11.8 Å². The number of benzene rings is 1. The maximum absolute atomic E-state index is 13.0. The summed E-state index contributed by atoms with van der Waals surface area (Å²) in [6, 6.07) is 2.99. The lowest BCUT2D eigenvalue weighted by Crippen LogP contribution is -2.57. The topological polar surface area (TPSA) is 49.3 Å². The molecule has 1 aromatic carbocycles. The van der Waals surface area contributed by atoms with Gasteiger partial charge in [-0.05, 0) is 36.8 Å². The van der Waals surface area contributed by atoms with Crippen LogP contribution in [0.15, 0.2) is 18.2 Å². The Bertz CT molecular complexity index is 512. The van der Waals surface area contributed by atoms with E-state index in [1.165, 1.54) is 6.07 Å². The fraction of sp³-hybridized carbons (Fsp3) is 0.500. The predicted octanol–water partition coefficient (Wildman–Crippen LogP) is 2.34. The summed E-state index contributed by atoms with van der Waals surface area (Å²) in [6.07, 6.45) is 1.57. The summed E-state index contributed by atoms with van der Waals surface area (Å²) < 4.78 is 25.8. The Morgan fingerprint density at radius 3 is 2.80 bits per heavy atom. The molecule has 0 saturated heterocycles. The molecule has 0 radical (unpaired) electrons. The molecule has 110 valence electrons. The zero-order valence-electron chi connectivity index (χ0n) is 11.2. The van der Waals surface area contributed by atoms with Crippen LogP contribution < -0.4 is 5.32 Å². The van der Waals surface area contributed by atoms with Gasteiger partial charge >= 0.3 is 0 Å². The van der Waals surface area contributed by atoms with E-state index in [1.807, 2.05) is 6.92 Å². The molecule has 2 atom stereocenters. The Balaban J connectivity index is 1.93. The minimum Gasteiger partial charge on any atom is -0.387 e. The number of hydrogen-bond donors (Lipinski definition) is 2. The van der Waals surface area contributed by atoms with Crippen molar-refractivity contribution in [2.75, 3.05) is 12.3 Å². The number of rotatable bonds is 5. The van der Waals surface area contributed by atoms with Crippen LogP contribution in [0.3, 0.4) is 0 Å². The number of halogens is 2. The smallest absolute Gasteiger partial charge is 0.251 e. The van der Waals surface area contributed by atoms with E-state index in [-0.39, 0.29) is 17.4 Å². The average Bonchev–Trinajstić information content (AvgIpc) is 2.43. The Kier molecular flexibility index (Phi) is 4.65. The molecule has 1 aliphatic rings. The molecule has 2 N–H and O–H groups in total. The minimum absolute atomic E-state index is 0.0477. The highest BCUT2D eigenvalue weighted by atomic mass is 32.2. The lowest BCUT2D eigenvalue weighted by molar-refractivity contribution is -0.0221. The fourth-order valence-electron chi connectivity index (χ4n) is 2.21. The van der Waals surface area contributed by atoms with Gasteiger partial charge in [-0.15, -0.1) is 0 Å². The molecule has 0 bridgehead atoms. The van der Waals surface area contributed by atoms with Crippen molar-refractivity contribution in [3.05, 3.63) is 35.4 Å². The van der Waals surface area contributed by atoms with Gasteiger partial charge in [0.1, 0.15) is 0 Å². The third-order valence-corrected chi connectivity index (χ3v) is 4.95. The van der Waals surface area contributed by atoms with E-state index in [4.69, 9.17) is 0 Å². The van der Waals surface area contributed by atoms with Gasteiger partial charge in [-0.25, -0.2) is 8.78 Å². The van der Waals surface area contributed by atoms with Crippen LogP contribution in [-0.4, -0.2) is 34.2 Å². The molecule has 20 heavy (non-hydrogen) atoms. The number of carbonyl (C=O) groups excluding carboxylic acids is 1. The van der Waals surface area contributed by atoms with Crippen molar-refractivity contribution in [2.45, 2.75) is 30.6 Å². The van der Waals surface area contributed by atoms with Crippen LogP contribution in [0.5, 0.6) is 0 Å². The van der Waals surface area contributed by atoms with E-state index in [0.717, 1.165) is 24.3 Å². The van der Waals surface area contributed by atoms with Crippen LogP contribution in [0.25, 0.3) is 0 Å². The second-order valence-corrected chi connectivity index (χ2v) is 6.38. The number of nitrogens with one attached hydrogen (secondary N) is 1. The van der Waals surface area contributed by atoms with Crippen molar-refractivity contribution >= 4 is 17.7 Å². The molecule has 1 aliphatic carbocycles. The zero-order chi connectivity index (χ0) is 14.8. The van der Waals surface area contributed by atoms with Crippen molar-refractivity contribution in [3.8, 4) is 0 Å². The van der Waals surface area contributed by atoms with Crippen LogP contribution in [0.1, 0.15) is 30.1 Å². The monoisotopic (exact) mass is 301 g/mol. The summed E-state index contributed by atoms with van der Waals surface area (Å²) in [6.45, 7) is 2.14. The normalized spacial score (nSPS) is 25.1. The largest absolute Gasteiger partial charge is 0.387 e. The molecule has 2 unspecified atom stereocenters. The van der Waals surface area contributed by atoms with Crippen LogP contribution in [0.4, 0.5) is 8.78 Å². The highest BCUT2D eigenvalue weighted by molar-refractivity contribution is 8.00. The Labute approximate surface area is 120 Å². The molecule has 1 aromatic rings.